The largest absolute Gasteiger partial charge is 0.492 e. The zero-order valence-electron chi connectivity index (χ0n) is 14.8. The van der Waals surface area contributed by atoms with E-state index in [1.165, 1.54) is 0 Å². The van der Waals surface area contributed by atoms with Crippen molar-refractivity contribution < 1.29 is 14.3 Å². The highest BCUT2D eigenvalue weighted by Crippen LogP contribution is 2.31. The van der Waals surface area contributed by atoms with Crippen LogP contribution >= 0.6 is 15.9 Å². The predicted octanol–water partition coefficient (Wildman–Crippen LogP) is 3.73. The van der Waals surface area contributed by atoms with Crippen molar-refractivity contribution in [2.75, 3.05) is 24.6 Å². The third-order valence-corrected chi connectivity index (χ3v) is 4.94. The number of anilines is 1. The van der Waals surface area contributed by atoms with Crippen molar-refractivity contribution in [1.82, 2.24) is 4.90 Å². The fourth-order valence-corrected chi connectivity index (χ4v) is 3.53. The van der Waals surface area contributed by atoms with Gasteiger partial charge in [0.25, 0.3) is 5.91 Å². The van der Waals surface area contributed by atoms with Crippen LogP contribution in [-0.2, 0) is 4.79 Å². The summed E-state index contributed by atoms with van der Waals surface area (Å²) in [7, 11) is 0. The minimum absolute atomic E-state index is 0.105. The van der Waals surface area contributed by atoms with Gasteiger partial charge in [0.15, 0.2) is 0 Å². The summed E-state index contributed by atoms with van der Waals surface area (Å²) < 4.78 is 6.49. The van der Waals surface area contributed by atoms with Gasteiger partial charge in [-0.15, -0.1) is 0 Å². The predicted molar refractivity (Wildman–Crippen MR) is 105 cm³/mol. The normalized spacial score (nSPS) is 17.3. The maximum atomic E-state index is 13.0. The first-order valence-corrected chi connectivity index (χ1v) is 9.42. The Bertz CT molecular complexity index is 824. The molecular weight excluding hydrogens is 396 g/mol. The molecule has 1 atom stereocenters. The minimum atomic E-state index is -0.537. The molecule has 1 heterocycles. The van der Waals surface area contributed by atoms with Crippen molar-refractivity contribution in [3.05, 3.63) is 58.6 Å². The van der Waals surface area contributed by atoms with Crippen LogP contribution in [0.15, 0.2) is 53.0 Å². The van der Waals surface area contributed by atoms with Crippen LogP contribution in [0.1, 0.15) is 24.2 Å². The van der Waals surface area contributed by atoms with E-state index in [9.17, 15) is 9.59 Å². The van der Waals surface area contributed by atoms with Crippen LogP contribution in [0.3, 0.4) is 0 Å². The molecule has 0 aliphatic carbocycles. The molecule has 0 spiro atoms. The first-order valence-electron chi connectivity index (χ1n) is 8.62. The molecule has 26 heavy (non-hydrogen) atoms. The van der Waals surface area contributed by atoms with Gasteiger partial charge in [-0.25, -0.2) is 0 Å². The Kier molecular flexibility index (Phi) is 5.61. The fourth-order valence-electron chi connectivity index (χ4n) is 3.13. The molecule has 1 aliphatic heterocycles. The van der Waals surface area contributed by atoms with Crippen molar-refractivity contribution in [3.8, 4) is 5.75 Å². The van der Waals surface area contributed by atoms with Crippen LogP contribution in [0.2, 0.25) is 0 Å². The molecule has 0 N–H and O–H groups in total. The number of carbonyl (C=O) groups is 2. The number of carbonyl (C=O) groups excluding carboxylic acids is 2. The Labute approximate surface area is 161 Å². The van der Waals surface area contributed by atoms with E-state index in [1.807, 2.05) is 43.3 Å². The van der Waals surface area contributed by atoms with Crippen LogP contribution in [0.4, 0.5) is 5.69 Å². The second-order valence-corrected chi connectivity index (χ2v) is 6.99. The van der Waals surface area contributed by atoms with E-state index in [0.717, 1.165) is 10.2 Å². The molecule has 0 aromatic heterocycles. The zero-order valence-corrected chi connectivity index (χ0v) is 16.4. The first kappa shape index (κ1) is 18.5. The number of rotatable bonds is 4. The van der Waals surface area contributed by atoms with Gasteiger partial charge in [0, 0.05) is 23.1 Å². The Balaban J connectivity index is 1.82. The molecule has 1 fully saturated rings. The van der Waals surface area contributed by atoms with Crippen molar-refractivity contribution >= 4 is 33.4 Å². The first-order chi connectivity index (χ1) is 12.5. The van der Waals surface area contributed by atoms with Gasteiger partial charge in [-0.1, -0.05) is 34.1 Å². The Morgan fingerprint density at radius 2 is 1.96 bits per heavy atom. The van der Waals surface area contributed by atoms with Gasteiger partial charge >= 0.3 is 0 Å². The van der Waals surface area contributed by atoms with E-state index >= 15 is 0 Å². The topological polar surface area (TPSA) is 49.9 Å². The lowest BCUT2D eigenvalue weighted by Crippen LogP contribution is -2.57. The molecule has 0 radical (unpaired) electrons. The number of hydrogen-bond acceptors (Lipinski definition) is 3. The number of para-hydroxylation sites is 2. The SMILES string of the molecule is CCOc1ccccc1N1CCN(C(=O)c2cccc(Br)c2)[C@@H](C)C1=O. The van der Waals surface area contributed by atoms with Crippen molar-refractivity contribution in [2.45, 2.75) is 19.9 Å². The second-order valence-electron chi connectivity index (χ2n) is 6.08. The van der Waals surface area contributed by atoms with Crippen LogP contribution < -0.4 is 9.64 Å². The Morgan fingerprint density at radius 3 is 2.69 bits per heavy atom. The molecule has 1 saturated heterocycles. The van der Waals surface area contributed by atoms with E-state index in [2.05, 4.69) is 15.9 Å². The number of amides is 2. The molecular formula is C20H21BrN2O3. The average Bonchev–Trinajstić information content (AvgIpc) is 2.64. The molecule has 1 aliphatic rings. The standard InChI is InChI=1S/C20H21BrN2O3/c1-3-26-18-10-5-4-9-17(18)23-12-11-22(14(2)19(23)24)20(25)15-7-6-8-16(21)13-15/h4-10,13-14H,3,11-12H2,1-2H3/t14-/m0/s1. The van der Waals surface area contributed by atoms with Gasteiger partial charge in [0.1, 0.15) is 11.8 Å². The van der Waals surface area contributed by atoms with Gasteiger partial charge in [-0.3, -0.25) is 9.59 Å². The van der Waals surface area contributed by atoms with E-state index in [1.54, 1.807) is 28.9 Å². The molecule has 5 nitrogen and oxygen atoms in total. The second kappa shape index (κ2) is 7.91. The average molecular weight is 417 g/mol. The monoisotopic (exact) mass is 416 g/mol. The highest BCUT2D eigenvalue weighted by molar-refractivity contribution is 9.10. The highest BCUT2D eigenvalue weighted by Gasteiger charge is 2.36. The molecule has 2 aromatic rings. The number of hydrogen-bond donors (Lipinski definition) is 0. The van der Waals surface area contributed by atoms with E-state index in [-0.39, 0.29) is 11.8 Å². The van der Waals surface area contributed by atoms with Gasteiger partial charge < -0.3 is 14.5 Å². The molecule has 136 valence electrons. The lowest BCUT2D eigenvalue weighted by Gasteiger charge is -2.39. The van der Waals surface area contributed by atoms with Crippen LogP contribution in [0.25, 0.3) is 0 Å². The summed E-state index contributed by atoms with van der Waals surface area (Å²) in [6, 6.07) is 14.2. The fraction of sp³-hybridized carbons (Fsp3) is 0.300. The molecule has 2 aromatic carbocycles. The number of nitrogens with zero attached hydrogens (tertiary/aromatic N) is 2. The highest BCUT2D eigenvalue weighted by atomic mass is 79.9. The van der Waals surface area contributed by atoms with Crippen LogP contribution in [0, 0.1) is 0 Å². The third-order valence-electron chi connectivity index (χ3n) is 4.44. The molecule has 0 bridgehead atoms. The Hall–Kier alpha value is -2.34. The summed E-state index contributed by atoms with van der Waals surface area (Å²) in [5, 5.41) is 0. The summed E-state index contributed by atoms with van der Waals surface area (Å²) in [5.41, 5.74) is 1.32. The van der Waals surface area contributed by atoms with E-state index in [0.29, 0.717) is 31.0 Å². The zero-order chi connectivity index (χ0) is 18.7. The molecule has 6 heteroatoms. The van der Waals surface area contributed by atoms with Crippen molar-refractivity contribution in [1.29, 1.82) is 0 Å². The molecule has 0 unspecified atom stereocenters. The lowest BCUT2D eigenvalue weighted by atomic mass is 10.1. The van der Waals surface area contributed by atoms with E-state index in [4.69, 9.17) is 4.74 Å². The quantitative estimate of drug-likeness (QED) is 0.762. The molecule has 3 rings (SSSR count). The molecule has 0 saturated carbocycles. The minimum Gasteiger partial charge on any atom is -0.492 e. The smallest absolute Gasteiger partial charge is 0.254 e. The number of ether oxygens (including phenoxy) is 1. The maximum absolute atomic E-state index is 13.0. The summed E-state index contributed by atoms with van der Waals surface area (Å²) in [4.78, 5) is 29.1. The third kappa shape index (κ3) is 3.60. The Morgan fingerprint density at radius 1 is 1.19 bits per heavy atom. The van der Waals surface area contributed by atoms with Crippen molar-refractivity contribution in [3.63, 3.8) is 0 Å². The number of benzene rings is 2. The van der Waals surface area contributed by atoms with Gasteiger partial charge in [0.05, 0.1) is 12.3 Å². The maximum Gasteiger partial charge on any atom is 0.254 e. The van der Waals surface area contributed by atoms with Crippen LogP contribution in [0.5, 0.6) is 5.75 Å². The number of piperazine rings is 1. The van der Waals surface area contributed by atoms with E-state index < -0.39 is 6.04 Å². The lowest BCUT2D eigenvalue weighted by molar-refractivity contribution is -0.124. The van der Waals surface area contributed by atoms with Crippen LogP contribution in [-0.4, -0.2) is 42.5 Å². The summed E-state index contributed by atoms with van der Waals surface area (Å²) in [6.07, 6.45) is 0. The van der Waals surface area contributed by atoms with Gasteiger partial charge in [0.2, 0.25) is 5.91 Å². The molecule has 2 amide bonds. The van der Waals surface area contributed by atoms with Gasteiger partial charge in [-0.05, 0) is 44.2 Å². The van der Waals surface area contributed by atoms with Gasteiger partial charge in [-0.2, -0.15) is 0 Å². The summed E-state index contributed by atoms with van der Waals surface area (Å²) in [5.74, 6) is 0.443. The summed E-state index contributed by atoms with van der Waals surface area (Å²) in [6.45, 7) is 5.12. The van der Waals surface area contributed by atoms with Crippen molar-refractivity contribution in [2.24, 2.45) is 0 Å². The summed E-state index contributed by atoms with van der Waals surface area (Å²) >= 11 is 3.38. The number of halogens is 1.